The van der Waals surface area contributed by atoms with Crippen LogP contribution in [0, 0.1) is 6.92 Å². The smallest absolute Gasteiger partial charge is 0.247 e. The summed E-state index contributed by atoms with van der Waals surface area (Å²) in [5.41, 5.74) is 4.60. The van der Waals surface area contributed by atoms with Crippen molar-refractivity contribution >= 4 is 40.5 Å². The van der Waals surface area contributed by atoms with Crippen molar-refractivity contribution in [2.75, 3.05) is 5.32 Å². The van der Waals surface area contributed by atoms with Gasteiger partial charge >= 0.3 is 0 Å². The van der Waals surface area contributed by atoms with Crippen LogP contribution in [0.3, 0.4) is 0 Å². The van der Waals surface area contributed by atoms with Gasteiger partial charge < -0.3 is 5.32 Å². The summed E-state index contributed by atoms with van der Waals surface area (Å²) in [6.07, 6.45) is 0.0594. The van der Waals surface area contributed by atoms with E-state index < -0.39 is 5.91 Å². The van der Waals surface area contributed by atoms with E-state index in [4.69, 9.17) is 28.4 Å². The van der Waals surface area contributed by atoms with Gasteiger partial charge in [-0.15, -0.1) is 0 Å². The Morgan fingerprint density at radius 1 is 1.14 bits per heavy atom. The fourth-order valence-electron chi connectivity index (χ4n) is 1.91. The second kappa shape index (κ2) is 6.80. The van der Waals surface area contributed by atoms with Crippen LogP contribution in [0.15, 0.2) is 36.4 Å². The summed E-state index contributed by atoms with van der Waals surface area (Å²) in [7, 11) is 0. The Labute approximate surface area is 132 Å². The first-order valence-electron chi connectivity index (χ1n) is 6.25. The molecule has 0 atom stereocenters. The van der Waals surface area contributed by atoms with E-state index in [1.165, 1.54) is 0 Å². The number of hydrogen-bond acceptors (Lipinski definition) is 3. The van der Waals surface area contributed by atoms with Crippen LogP contribution < -0.4 is 10.8 Å². The Balaban J connectivity index is 2.32. The maximum Gasteiger partial charge on any atom is 0.247 e. The van der Waals surface area contributed by atoms with Gasteiger partial charge in [0.1, 0.15) is 0 Å². The summed E-state index contributed by atoms with van der Waals surface area (Å²) in [4.78, 5) is 11.3. The van der Waals surface area contributed by atoms with Crippen molar-refractivity contribution in [2.24, 2.45) is 0 Å². The van der Waals surface area contributed by atoms with Gasteiger partial charge in [0, 0.05) is 10.7 Å². The summed E-state index contributed by atoms with van der Waals surface area (Å²) in [6, 6.07) is 10.8. The summed E-state index contributed by atoms with van der Waals surface area (Å²) < 4.78 is 0. The molecule has 3 N–H and O–H groups in total. The number of amides is 1. The molecule has 0 aliphatic carbocycles. The number of para-hydroxylation sites is 1. The third-order valence-corrected chi connectivity index (χ3v) is 3.98. The van der Waals surface area contributed by atoms with E-state index in [9.17, 15) is 4.79 Å². The van der Waals surface area contributed by atoms with E-state index in [2.05, 4.69) is 5.32 Å². The quantitative estimate of drug-likeness (QED) is 0.586. The van der Waals surface area contributed by atoms with Gasteiger partial charge in [0.05, 0.1) is 17.1 Å². The highest BCUT2D eigenvalue weighted by molar-refractivity contribution is 6.37. The van der Waals surface area contributed by atoms with Gasteiger partial charge in [-0.3, -0.25) is 10.0 Å². The molecule has 0 saturated carbocycles. The summed E-state index contributed by atoms with van der Waals surface area (Å²) in [5.74, 6) is -0.484. The van der Waals surface area contributed by atoms with Crippen LogP contribution in [0.2, 0.25) is 10.0 Å². The van der Waals surface area contributed by atoms with Crippen molar-refractivity contribution in [1.82, 2.24) is 5.48 Å². The average molecular weight is 325 g/mol. The molecular weight excluding hydrogens is 311 g/mol. The molecule has 0 heterocycles. The predicted octanol–water partition coefficient (Wildman–Crippen LogP) is 4.09. The number of carbonyl (C=O) groups excluding carboxylic acids is 1. The lowest BCUT2D eigenvalue weighted by Gasteiger charge is -2.14. The third-order valence-electron chi connectivity index (χ3n) is 3.08. The zero-order valence-electron chi connectivity index (χ0n) is 11.3. The molecule has 0 spiro atoms. The lowest BCUT2D eigenvalue weighted by atomic mass is 10.1. The molecule has 0 aliphatic heterocycles. The minimum Gasteiger partial charge on any atom is -0.354 e. The second-order valence-electron chi connectivity index (χ2n) is 4.53. The Bertz CT molecular complexity index is 675. The topological polar surface area (TPSA) is 61.4 Å². The predicted molar refractivity (Wildman–Crippen MR) is 84.6 cm³/mol. The molecule has 0 radical (unpaired) electrons. The lowest BCUT2D eigenvalue weighted by molar-refractivity contribution is -0.128. The van der Waals surface area contributed by atoms with E-state index in [1.54, 1.807) is 23.7 Å². The molecule has 0 unspecified atom stereocenters. The highest BCUT2D eigenvalue weighted by Crippen LogP contribution is 2.33. The molecule has 0 fully saturated rings. The summed E-state index contributed by atoms with van der Waals surface area (Å²) >= 11 is 12.3. The molecule has 0 aromatic heterocycles. The molecule has 2 rings (SSSR count). The number of hydrogen-bond donors (Lipinski definition) is 3. The maximum absolute atomic E-state index is 11.3. The maximum atomic E-state index is 11.3. The largest absolute Gasteiger partial charge is 0.354 e. The molecule has 0 bridgehead atoms. The number of hydroxylamine groups is 1. The van der Waals surface area contributed by atoms with E-state index in [0.717, 1.165) is 16.8 Å². The Morgan fingerprint density at radius 2 is 1.86 bits per heavy atom. The highest BCUT2D eigenvalue weighted by atomic mass is 35.5. The summed E-state index contributed by atoms with van der Waals surface area (Å²) in [6.45, 7) is 1.83. The van der Waals surface area contributed by atoms with Crippen LogP contribution in [0.25, 0.3) is 0 Å². The van der Waals surface area contributed by atoms with Crippen LogP contribution in [-0.2, 0) is 11.2 Å². The Morgan fingerprint density at radius 3 is 2.57 bits per heavy atom. The molecular formula is C15H14Cl2N2O2. The van der Waals surface area contributed by atoms with Crippen molar-refractivity contribution in [1.29, 1.82) is 0 Å². The van der Waals surface area contributed by atoms with E-state index >= 15 is 0 Å². The van der Waals surface area contributed by atoms with Gasteiger partial charge in [-0.25, -0.2) is 5.48 Å². The van der Waals surface area contributed by atoms with Crippen LogP contribution in [0.4, 0.5) is 11.4 Å². The van der Waals surface area contributed by atoms with Crippen molar-refractivity contribution < 1.29 is 10.0 Å². The standard InChI is InChI=1S/C15H14Cl2N2O2/c1-9-11(16)6-7-13(15(9)17)18-12-5-3-2-4-10(12)8-14(20)19-21/h2-7,18,21H,8H2,1H3,(H,19,20). The van der Waals surface area contributed by atoms with E-state index in [-0.39, 0.29) is 6.42 Å². The van der Waals surface area contributed by atoms with Crippen LogP contribution in [0.5, 0.6) is 0 Å². The zero-order valence-corrected chi connectivity index (χ0v) is 12.8. The number of carbonyl (C=O) groups is 1. The molecule has 1 amide bonds. The number of anilines is 2. The second-order valence-corrected chi connectivity index (χ2v) is 5.31. The van der Waals surface area contributed by atoms with Crippen molar-refractivity contribution in [3.63, 3.8) is 0 Å². The Kier molecular flexibility index (Phi) is 5.07. The molecule has 2 aromatic rings. The molecule has 21 heavy (non-hydrogen) atoms. The van der Waals surface area contributed by atoms with Crippen molar-refractivity contribution in [3.05, 3.63) is 57.6 Å². The number of rotatable bonds is 4. The van der Waals surface area contributed by atoms with E-state index in [0.29, 0.717) is 15.7 Å². The molecule has 4 nitrogen and oxygen atoms in total. The fourth-order valence-corrected chi connectivity index (χ4v) is 2.33. The van der Waals surface area contributed by atoms with Gasteiger partial charge in [0.25, 0.3) is 0 Å². The first-order valence-corrected chi connectivity index (χ1v) is 7.01. The molecule has 2 aromatic carbocycles. The van der Waals surface area contributed by atoms with Gasteiger partial charge in [-0.1, -0.05) is 41.4 Å². The minimum absolute atomic E-state index is 0.0594. The van der Waals surface area contributed by atoms with Crippen LogP contribution in [0.1, 0.15) is 11.1 Å². The normalized spacial score (nSPS) is 10.3. The van der Waals surface area contributed by atoms with Gasteiger partial charge in [0.2, 0.25) is 5.91 Å². The molecule has 0 aliphatic rings. The monoisotopic (exact) mass is 324 g/mol. The summed E-state index contributed by atoms with van der Waals surface area (Å²) in [5, 5.41) is 12.9. The lowest BCUT2D eigenvalue weighted by Crippen LogP contribution is -2.21. The third kappa shape index (κ3) is 3.67. The number of benzene rings is 2. The fraction of sp³-hybridized carbons (Fsp3) is 0.133. The SMILES string of the molecule is Cc1c(Cl)ccc(Nc2ccccc2CC(=O)NO)c1Cl. The van der Waals surface area contributed by atoms with Crippen molar-refractivity contribution in [2.45, 2.75) is 13.3 Å². The van der Waals surface area contributed by atoms with Crippen molar-refractivity contribution in [3.8, 4) is 0 Å². The number of halogens is 2. The van der Waals surface area contributed by atoms with Gasteiger partial charge in [0.15, 0.2) is 0 Å². The number of nitrogens with one attached hydrogen (secondary N) is 2. The van der Waals surface area contributed by atoms with Gasteiger partial charge in [-0.2, -0.15) is 0 Å². The zero-order chi connectivity index (χ0) is 15.4. The highest BCUT2D eigenvalue weighted by Gasteiger charge is 2.11. The van der Waals surface area contributed by atoms with Crippen LogP contribution in [-0.4, -0.2) is 11.1 Å². The first-order chi connectivity index (χ1) is 10.0. The first kappa shape index (κ1) is 15.6. The van der Waals surface area contributed by atoms with Gasteiger partial charge in [-0.05, 0) is 36.2 Å². The van der Waals surface area contributed by atoms with Crippen LogP contribution >= 0.6 is 23.2 Å². The molecule has 6 heteroatoms. The molecule has 110 valence electrons. The Hall–Kier alpha value is -1.75. The molecule has 0 saturated heterocycles. The van der Waals surface area contributed by atoms with E-state index in [1.807, 2.05) is 25.1 Å². The minimum atomic E-state index is -0.484. The average Bonchev–Trinajstić information content (AvgIpc) is 2.49.